The van der Waals surface area contributed by atoms with E-state index in [0.717, 1.165) is 3.79 Å². The second-order valence-electron chi connectivity index (χ2n) is 2.79. The highest BCUT2D eigenvalue weighted by Gasteiger charge is 2.08. The first-order valence-corrected chi connectivity index (χ1v) is 6.59. The summed E-state index contributed by atoms with van der Waals surface area (Å²) in [6.45, 7) is 0. The van der Waals surface area contributed by atoms with Crippen LogP contribution in [-0.4, -0.2) is 15.9 Å². The van der Waals surface area contributed by atoms with Crippen molar-refractivity contribution in [2.45, 2.75) is 0 Å². The van der Waals surface area contributed by atoms with Crippen LogP contribution in [0.1, 0.15) is 10.4 Å². The summed E-state index contributed by atoms with van der Waals surface area (Å²) >= 11 is 7.85. The summed E-state index contributed by atoms with van der Waals surface area (Å²) < 4.78 is 1.50. The molecule has 0 atom stereocenters. The lowest BCUT2D eigenvalue weighted by atomic mass is 10.2. The van der Waals surface area contributed by atoms with Crippen molar-refractivity contribution in [3.05, 3.63) is 38.5 Å². The third-order valence-electron chi connectivity index (χ3n) is 1.69. The lowest BCUT2D eigenvalue weighted by Crippen LogP contribution is -2.11. The molecule has 16 heavy (non-hydrogen) atoms. The Kier molecular flexibility index (Phi) is 3.67. The molecular weight excluding hydrogens is 358 g/mol. The fourth-order valence-electron chi connectivity index (χ4n) is 1.03. The van der Waals surface area contributed by atoms with Crippen molar-refractivity contribution in [2.24, 2.45) is 0 Å². The minimum Gasteiger partial charge on any atom is -0.298 e. The molecule has 0 fully saturated rings. The van der Waals surface area contributed by atoms with E-state index in [4.69, 9.17) is 0 Å². The van der Waals surface area contributed by atoms with Gasteiger partial charge < -0.3 is 0 Å². The summed E-state index contributed by atoms with van der Waals surface area (Å²) in [4.78, 5) is 19.7. The highest BCUT2D eigenvalue weighted by Crippen LogP contribution is 2.23. The van der Waals surface area contributed by atoms with Crippen LogP contribution in [-0.2, 0) is 0 Å². The van der Waals surface area contributed by atoms with Crippen LogP contribution in [0.3, 0.4) is 0 Å². The number of nitrogens with zero attached hydrogens (tertiary/aromatic N) is 2. The molecule has 82 valence electrons. The molecule has 2 rings (SSSR count). The monoisotopic (exact) mass is 361 g/mol. The molecule has 2 heterocycles. The maximum absolute atomic E-state index is 11.8. The summed E-state index contributed by atoms with van der Waals surface area (Å²) in [5, 5.41) is 3.26. The standard InChI is InChI=1S/C9H5Br2N3OS/c10-6-3-5(1-2-12-6)8(15)14-9-13-4-7(11)16-9/h1-4H,(H,13,14,15). The molecule has 4 nitrogen and oxygen atoms in total. The second kappa shape index (κ2) is 5.03. The number of rotatable bonds is 2. The Morgan fingerprint density at radius 1 is 1.38 bits per heavy atom. The molecule has 7 heteroatoms. The summed E-state index contributed by atoms with van der Waals surface area (Å²) in [5.74, 6) is -0.204. The largest absolute Gasteiger partial charge is 0.298 e. The maximum Gasteiger partial charge on any atom is 0.257 e. The van der Waals surface area contributed by atoms with E-state index in [1.165, 1.54) is 11.3 Å². The van der Waals surface area contributed by atoms with Gasteiger partial charge in [-0.15, -0.1) is 0 Å². The van der Waals surface area contributed by atoms with Crippen LogP contribution in [0.4, 0.5) is 5.13 Å². The van der Waals surface area contributed by atoms with Crippen molar-refractivity contribution < 1.29 is 4.79 Å². The number of halogens is 2. The van der Waals surface area contributed by atoms with Crippen molar-refractivity contribution in [3.8, 4) is 0 Å². The van der Waals surface area contributed by atoms with Gasteiger partial charge in [-0.25, -0.2) is 9.97 Å². The first-order valence-electron chi connectivity index (χ1n) is 4.19. The van der Waals surface area contributed by atoms with Gasteiger partial charge in [0.05, 0.1) is 9.98 Å². The van der Waals surface area contributed by atoms with Gasteiger partial charge in [0.25, 0.3) is 5.91 Å². The van der Waals surface area contributed by atoms with Gasteiger partial charge in [0, 0.05) is 11.8 Å². The molecule has 0 aliphatic carbocycles. The van der Waals surface area contributed by atoms with Gasteiger partial charge in [-0.1, -0.05) is 11.3 Å². The Labute approximate surface area is 112 Å². The summed E-state index contributed by atoms with van der Waals surface area (Å²) in [5.41, 5.74) is 0.535. The van der Waals surface area contributed by atoms with E-state index in [1.54, 1.807) is 24.5 Å². The molecule has 0 saturated carbocycles. The van der Waals surface area contributed by atoms with Crippen LogP contribution in [0, 0.1) is 0 Å². The normalized spacial score (nSPS) is 10.1. The van der Waals surface area contributed by atoms with Gasteiger partial charge in [-0.2, -0.15) is 0 Å². The molecular formula is C9H5Br2N3OS. The molecule has 2 aromatic rings. The third-order valence-corrected chi connectivity index (χ3v) is 3.51. The van der Waals surface area contributed by atoms with Gasteiger partial charge in [-0.05, 0) is 44.0 Å². The van der Waals surface area contributed by atoms with Crippen LogP contribution < -0.4 is 5.32 Å². The first-order chi connectivity index (χ1) is 7.65. The van der Waals surface area contributed by atoms with E-state index in [0.29, 0.717) is 15.3 Å². The van der Waals surface area contributed by atoms with Gasteiger partial charge in [-0.3, -0.25) is 10.1 Å². The molecule has 0 bridgehead atoms. The zero-order chi connectivity index (χ0) is 11.5. The van der Waals surface area contributed by atoms with Crippen LogP contribution in [0.15, 0.2) is 32.9 Å². The van der Waals surface area contributed by atoms with E-state index >= 15 is 0 Å². The molecule has 0 unspecified atom stereocenters. The Bertz CT molecular complexity index is 529. The minimum atomic E-state index is -0.204. The number of carbonyl (C=O) groups is 1. The number of nitrogens with one attached hydrogen (secondary N) is 1. The minimum absolute atomic E-state index is 0.204. The molecule has 1 N–H and O–H groups in total. The molecule has 0 spiro atoms. The SMILES string of the molecule is O=C(Nc1ncc(Br)s1)c1ccnc(Br)c1. The molecule has 0 radical (unpaired) electrons. The lowest BCUT2D eigenvalue weighted by Gasteiger charge is -2.01. The van der Waals surface area contributed by atoms with E-state index in [1.807, 2.05) is 0 Å². The third kappa shape index (κ3) is 2.87. The van der Waals surface area contributed by atoms with Crippen molar-refractivity contribution >= 4 is 54.2 Å². The van der Waals surface area contributed by atoms with Crippen LogP contribution in [0.2, 0.25) is 0 Å². The Balaban J connectivity index is 2.14. The average molecular weight is 363 g/mol. The van der Waals surface area contributed by atoms with Gasteiger partial charge in [0.1, 0.15) is 4.60 Å². The topological polar surface area (TPSA) is 54.9 Å². The van der Waals surface area contributed by atoms with Gasteiger partial charge in [0.2, 0.25) is 0 Å². The Morgan fingerprint density at radius 3 is 2.81 bits per heavy atom. The number of aromatic nitrogens is 2. The van der Waals surface area contributed by atoms with Crippen molar-refractivity contribution in [1.29, 1.82) is 0 Å². The summed E-state index contributed by atoms with van der Waals surface area (Å²) in [6, 6.07) is 3.29. The number of amides is 1. The summed E-state index contributed by atoms with van der Waals surface area (Å²) in [6.07, 6.45) is 3.21. The number of anilines is 1. The fraction of sp³-hybridized carbons (Fsp3) is 0. The highest BCUT2D eigenvalue weighted by molar-refractivity contribution is 9.11. The molecule has 0 saturated heterocycles. The summed E-state index contributed by atoms with van der Waals surface area (Å²) in [7, 11) is 0. The van der Waals surface area contributed by atoms with E-state index in [9.17, 15) is 4.79 Å². The second-order valence-corrected chi connectivity index (χ2v) is 6.01. The predicted molar refractivity (Wildman–Crippen MR) is 69.7 cm³/mol. The maximum atomic E-state index is 11.8. The van der Waals surface area contributed by atoms with Gasteiger partial charge in [0.15, 0.2) is 5.13 Å². The van der Waals surface area contributed by atoms with Gasteiger partial charge >= 0.3 is 0 Å². The number of thiazole rings is 1. The lowest BCUT2D eigenvalue weighted by molar-refractivity contribution is 0.102. The zero-order valence-corrected chi connectivity index (χ0v) is 11.8. The Morgan fingerprint density at radius 2 is 2.19 bits per heavy atom. The van der Waals surface area contributed by atoms with Crippen LogP contribution in [0.25, 0.3) is 0 Å². The zero-order valence-electron chi connectivity index (χ0n) is 7.78. The Hall–Kier alpha value is -0.790. The highest BCUT2D eigenvalue weighted by atomic mass is 79.9. The average Bonchev–Trinajstić information content (AvgIpc) is 2.64. The van der Waals surface area contributed by atoms with E-state index in [-0.39, 0.29) is 5.91 Å². The van der Waals surface area contributed by atoms with Crippen molar-refractivity contribution in [1.82, 2.24) is 9.97 Å². The molecule has 0 aliphatic heterocycles. The first kappa shape index (κ1) is 11.7. The van der Waals surface area contributed by atoms with Crippen molar-refractivity contribution in [3.63, 3.8) is 0 Å². The van der Waals surface area contributed by atoms with Crippen LogP contribution in [0.5, 0.6) is 0 Å². The van der Waals surface area contributed by atoms with E-state index < -0.39 is 0 Å². The molecule has 0 aliphatic rings. The smallest absolute Gasteiger partial charge is 0.257 e. The quantitative estimate of drug-likeness (QED) is 0.834. The molecule has 0 aromatic carbocycles. The number of pyridine rings is 1. The predicted octanol–water partition coefficient (Wildman–Crippen LogP) is 3.32. The van der Waals surface area contributed by atoms with Crippen LogP contribution >= 0.6 is 43.2 Å². The molecule has 1 amide bonds. The number of hydrogen-bond acceptors (Lipinski definition) is 4. The number of carbonyl (C=O) groups excluding carboxylic acids is 1. The van der Waals surface area contributed by atoms with E-state index in [2.05, 4.69) is 47.1 Å². The molecule has 2 aromatic heterocycles. The van der Waals surface area contributed by atoms with Crippen molar-refractivity contribution in [2.75, 3.05) is 5.32 Å². The number of hydrogen-bond donors (Lipinski definition) is 1. The fourth-order valence-corrected chi connectivity index (χ4v) is 2.49.